The first-order valence-corrected chi connectivity index (χ1v) is 8.49. The van der Waals surface area contributed by atoms with E-state index >= 15 is 0 Å². The summed E-state index contributed by atoms with van der Waals surface area (Å²) in [4.78, 5) is 0.334. The fraction of sp³-hybridized carbons (Fsp3) is 0.286. The Labute approximate surface area is 118 Å². The molecule has 2 aromatic rings. The molecule has 0 atom stereocenters. The van der Waals surface area contributed by atoms with E-state index in [-0.39, 0.29) is 0 Å². The molecule has 0 aliphatic rings. The third kappa shape index (κ3) is 3.65. The van der Waals surface area contributed by atoms with E-state index in [1.54, 1.807) is 23.5 Å². The van der Waals surface area contributed by atoms with Crippen molar-refractivity contribution in [3.63, 3.8) is 0 Å². The number of hydrogen-bond donors (Lipinski definition) is 1. The molecule has 5 heteroatoms. The molecule has 0 unspecified atom stereocenters. The summed E-state index contributed by atoms with van der Waals surface area (Å²) in [5.41, 5.74) is 3.24. The highest BCUT2D eigenvalue weighted by Crippen LogP contribution is 2.14. The molecule has 1 aromatic heterocycles. The van der Waals surface area contributed by atoms with Crippen molar-refractivity contribution in [3.8, 4) is 0 Å². The molecule has 0 spiro atoms. The SMILES string of the molecule is Cc1ccc(S(=O)(=O)NCCc2ccsc2)cc1C. The van der Waals surface area contributed by atoms with Crippen LogP contribution in [0.25, 0.3) is 0 Å². The van der Waals surface area contributed by atoms with Crippen molar-refractivity contribution in [1.82, 2.24) is 4.72 Å². The van der Waals surface area contributed by atoms with Crippen molar-refractivity contribution < 1.29 is 8.42 Å². The third-order valence-electron chi connectivity index (χ3n) is 3.07. The molecule has 1 N–H and O–H groups in total. The van der Waals surface area contributed by atoms with Crippen LogP contribution in [0.1, 0.15) is 16.7 Å². The molecule has 1 aromatic carbocycles. The Bertz CT molecular complexity index is 646. The highest BCUT2D eigenvalue weighted by molar-refractivity contribution is 7.89. The van der Waals surface area contributed by atoms with Crippen LogP contribution in [0, 0.1) is 13.8 Å². The van der Waals surface area contributed by atoms with Crippen LogP contribution < -0.4 is 4.72 Å². The van der Waals surface area contributed by atoms with Gasteiger partial charge in [-0.2, -0.15) is 11.3 Å². The molecule has 0 radical (unpaired) electrons. The average Bonchev–Trinajstić information content (AvgIpc) is 2.85. The van der Waals surface area contributed by atoms with Gasteiger partial charge in [0, 0.05) is 6.54 Å². The smallest absolute Gasteiger partial charge is 0.211 e. The van der Waals surface area contributed by atoms with Gasteiger partial charge in [-0.15, -0.1) is 0 Å². The molecule has 3 nitrogen and oxygen atoms in total. The van der Waals surface area contributed by atoms with Crippen LogP contribution in [0.4, 0.5) is 0 Å². The highest BCUT2D eigenvalue weighted by atomic mass is 32.2. The fourth-order valence-electron chi connectivity index (χ4n) is 1.73. The minimum atomic E-state index is -3.40. The summed E-state index contributed by atoms with van der Waals surface area (Å²) in [6.45, 7) is 4.31. The summed E-state index contributed by atoms with van der Waals surface area (Å²) in [6, 6.07) is 7.20. The first-order valence-electron chi connectivity index (χ1n) is 6.07. The Morgan fingerprint density at radius 1 is 1.16 bits per heavy atom. The lowest BCUT2D eigenvalue weighted by Crippen LogP contribution is -2.26. The van der Waals surface area contributed by atoms with E-state index in [9.17, 15) is 8.42 Å². The lowest BCUT2D eigenvalue weighted by Gasteiger charge is -2.08. The van der Waals surface area contributed by atoms with Gasteiger partial charge in [0.25, 0.3) is 0 Å². The number of aryl methyl sites for hydroxylation is 2. The van der Waals surface area contributed by atoms with Crippen LogP contribution in [-0.2, 0) is 16.4 Å². The molecule has 2 rings (SSSR count). The van der Waals surface area contributed by atoms with E-state index < -0.39 is 10.0 Å². The second kappa shape index (κ2) is 5.86. The van der Waals surface area contributed by atoms with Crippen molar-refractivity contribution in [1.29, 1.82) is 0 Å². The van der Waals surface area contributed by atoms with E-state index in [1.807, 2.05) is 36.7 Å². The predicted molar refractivity (Wildman–Crippen MR) is 79.1 cm³/mol. The first-order chi connectivity index (χ1) is 8.99. The lowest BCUT2D eigenvalue weighted by atomic mass is 10.1. The Morgan fingerprint density at radius 3 is 2.58 bits per heavy atom. The third-order valence-corrected chi connectivity index (χ3v) is 5.27. The van der Waals surface area contributed by atoms with E-state index in [2.05, 4.69) is 4.72 Å². The minimum absolute atomic E-state index is 0.334. The average molecular weight is 295 g/mol. The zero-order chi connectivity index (χ0) is 13.9. The molecule has 0 amide bonds. The second-order valence-corrected chi connectivity index (χ2v) is 7.07. The number of benzene rings is 1. The van der Waals surface area contributed by atoms with Crippen LogP contribution in [0.15, 0.2) is 39.9 Å². The van der Waals surface area contributed by atoms with Gasteiger partial charge in [0.2, 0.25) is 10.0 Å². The Kier molecular flexibility index (Phi) is 4.39. The maximum atomic E-state index is 12.1. The van der Waals surface area contributed by atoms with Gasteiger partial charge < -0.3 is 0 Å². The van der Waals surface area contributed by atoms with Crippen molar-refractivity contribution in [2.24, 2.45) is 0 Å². The van der Waals surface area contributed by atoms with Gasteiger partial charge in [-0.1, -0.05) is 6.07 Å². The summed E-state index contributed by atoms with van der Waals surface area (Å²) in [5.74, 6) is 0. The van der Waals surface area contributed by atoms with Crippen molar-refractivity contribution in [3.05, 3.63) is 51.7 Å². The number of nitrogens with one attached hydrogen (secondary N) is 1. The van der Waals surface area contributed by atoms with E-state index in [4.69, 9.17) is 0 Å². The molecule has 0 fully saturated rings. The molecule has 0 aliphatic carbocycles. The van der Waals surface area contributed by atoms with Crippen LogP contribution >= 0.6 is 11.3 Å². The molecular weight excluding hydrogens is 278 g/mol. The second-order valence-electron chi connectivity index (χ2n) is 4.53. The van der Waals surface area contributed by atoms with Crippen molar-refractivity contribution in [2.45, 2.75) is 25.2 Å². The molecule has 0 bridgehead atoms. The molecular formula is C14H17NO2S2. The molecule has 19 heavy (non-hydrogen) atoms. The monoisotopic (exact) mass is 295 g/mol. The van der Waals surface area contributed by atoms with Crippen molar-refractivity contribution >= 4 is 21.4 Å². The fourth-order valence-corrected chi connectivity index (χ4v) is 3.55. The van der Waals surface area contributed by atoms with Gasteiger partial charge in [-0.3, -0.25) is 0 Å². The highest BCUT2D eigenvalue weighted by Gasteiger charge is 2.13. The van der Waals surface area contributed by atoms with Gasteiger partial charge in [-0.25, -0.2) is 13.1 Å². The largest absolute Gasteiger partial charge is 0.240 e. The van der Waals surface area contributed by atoms with Crippen molar-refractivity contribution in [2.75, 3.05) is 6.54 Å². The number of sulfonamides is 1. The van der Waals surface area contributed by atoms with E-state index in [0.29, 0.717) is 17.9 Å². The summed E-state index contributed by atoms with van der Waals surface area (Å²) in [6.07, 6.45) is 0.716. The van der Waals surface area contributed by atoms with Crippen LogP contribution in [0.2, 0.25) is 0 Å². The number of thiophene rings is 1. The molecule has 1 heterocycles. The standard InChI is InChI=1S/C14H17NO2S2/c1-11-3-4-14(9-12(11)2)19(16,17)15-7-5-13-6-8-18-10-13/h3-4,6,8-10,15H,5,7H2,1-2H3. The van der Waals surface area contributed by atoms with Crippen LogP contribution in [-0.4, -0.2) is 15.0 Å². The first kappa shape index (κ1) is 14.2. The zero-order valence-electron chi connectivity index (χ0n) is 11.0. The summed E-state index contributed by atoms with van der Waals surface area (Å²) >= 11 is 1.62. The molecule has 0 aliphatic heterocycles. The number of rotatable bonds is 5. The zero-order valence-corrected chi connectivity index (χ0v) is 12.6. The Balaban J connectivity index is 2.03. The normalized spacial score (nSPS) is 11.7. The van der Waals surface area contributed by atoms with Gasteiger partial charge >= 0.3 is 0 Å². The number of hydrogen-bond acceptors (Lipinski definition) is 3. The Morgan fingerprint density at radius 2 is 1.95 bits per heavy atom. The topological polar surface area (TPSA) is 46.2 Å². The Hall–Kier alpha value is -1.17. The lowest BCUT2D eigenvalue weighted by molar-refractivity contribution is 0.581. The maximum Gasteiger partial charge on any atom is 0.240 e. The van der Waals surface area contributed by atoms with Crippen LogP contribution in [0.3, 0.4) is 0 Å². The minimum Gasteiger partial charge on any atom is -0.211 e. The predicted octanol–water partition coefficient (Wildman–Crippen LogP) is 2.89. The molecule has 102 valence electrons. The summed E-state index contributed by atoms with van der Waals surface area (Å²) in [5, 5.41) is 4.03. The van der Waals surface area contributed by atoms with Gasteiger partial charge in [0.1, 0.15) is 0 Å². The molecule has 0 saturated carbocycles. The summed E-state index contributed by atoms with van der Waals surface area (Å²) in [7, 11) is -3.40. The van der Waals surface area contributed by atoms with Gasteiger partial charge in [0.05, 0.1) is 4.90 Å². The molecule has 0 saturated heterocycles. The quantitative estimate of drug-likeness (QED) is 0.922. The van der Waals surface area contributed by atoms with E-state index in [0.717, 1.165) is 16.7 Å². The van der Waals surface area contributed by atoms with Gasteiger partial charge in [0.15, 0.2) is 0 Å². The van der Waals surface area contributed by atoms with E-state index in [1.165, 1.54) is 0 Å². The van der Waals surface area contributed by atoms with Crippen LogP contribution in [0.5, 0.6) is 0 Å². The summed E-state index contributed by atoms with van der Waals surface area (Å²) < 4.78 is 26.9. The maximum absolute atomic E-state index is 12.1. The van der Waals surface area contributed by atoms with Gasteiger partial charge in [-0.05, 0) is 65.9 Å².